The smallest absolute Gasteiger partial charge is 0.203 e. The zero-order valence-corrected chi connectivity index (χ0v) is 12.0. The Morgan fingerprint density at radius 3 is 3.06 bits per heavy atom. The van der Waals surface area contributed by atoms with Gasteiger partial charge in [-0.1, -0.05) is 11.6 Å². The van der Waals surface area contributed by atoms with Gasteiger partial charge in [0, 0.05) is 30.4 Å². The lowest BCUT2D eigenvalue weighted by molar-refractivity contribution is 0.190. The van der Waals surface area contributed by atoms with Gasteiger partial charge in [-0.25, -0.2) is 4.98 Å². The summed E-state index contributed by atoms with van der Waals surface area (Å²) in [4.78, 5) is 5.52. The molecule has 18 heavy (non-hydrogen) atoms. The maximum absolute atomic E-state index is 5.93. The monoisotopic (exact) mass is 285 g/mol. The number of anilines is 1. The number of methoxy groups -OCH3 is 1. The molecule has 1 N–H and O–H groups in total. The van der Waals surface area contributed by atoms with Crippen LogP contribution >= 0.6 is 22.9 Å². The number of ether oxygens (including phenoxy) is 1. The van der Waals surface area contributed by atoms with Crippen molar-refractivity contribution in [2.45, 2.75) is 19.5 Å². The van der Waals surface area contributed by atoms with Crippen molar-refractivity contribution < 1.29 is 4.74 Å². The number of halogens is 1. The second-order valence-corrected chi connectivity index (χ2v) is 5.88. The fraction of sp³-hybridized carbons (Fsp3) is 0.417. The molecule has 1 unspecified atom stereocenters. The second kappa shape index (κ2) is 6.22. The minimum atomic E-state index is 0.225. The maximum Gasteiger partial charge on any atom is 0.203 e. The number of thiophene rings is 1. The third kappa shape index (κ3) is 3.48. The summed E-state index contributed by atoms with van der Waals surface area (Å²) in [5.74, 6) is 0.851. The van der Waals surface area contributed by atoms with E-state index >= 15 is 0 Å². The van der Waals surface area contributed by atoms with Crippen LogP contribution in [0.1, 0.15) is 11.8 Å². The van der Waals surface area contributed by atoms with E-state index in [9.17, 15) is 0 Å². The number of rotatable bonds is 6. The molecule has 0 aliphatic carbocycles. The molecule has 0 aromatic carbocycles. The van der Waals surface area contributed by atoms with Crippen molar-refractivity contribution in [3.63, 3.8) is 0 Å². The minimum Gasteiger partial charge on any atom is -0.383 e. The molecule has 0 saturated carbocycles. The third-order valence-corrected chi connectivity index (χ3v) is 3.68. The summed E-state index contributed by atoms with van der Waals surface area (Å²) in [5.41, 5.74) is 0. The molecule has 0 amide bonds. The van der Waals surface area contributed by atoms with E-state index in [1.807, 2.05) is 18.3 Å². The Bertz CT molecular complexity index is 497. The van der Waals surface area contributed by atoms with Gasteiger partial charge in [0.05, 0.1) is 17.5 Å². The lowest BCUT2D eigenvalue weighted by Gasteiger charge is -2.14. The Hall–Kier alpha value is -1.04. The number of imidazole rings is 1. The lowest BCUT2D eigenvalue weighted by atomic mass is 10.4. The molecule has 1 atom stereocenters. The van der Waals surface area contributed by atoms with Crippen molar-refractivity contribution in [2.24, 2.45) is 0 Å². The van der Waals surface area contributed by atoms with Crippen LogP contribution in [0.3, 0.4) is 0 Å². The van der Waals surface area contributed by atoms with E-state index in [1.165, 1.54) is 4.88 Å². The van der Waals surface area contributed by atoms with Crippen LogP contribution < -0.4 is 5.32 Å². The quantitative estimate of drug-likeness (QED) is 0.886. The first-order valence-electron chi connectivity index (χ1n) is 5.70. The molecule has 2 heterocycles. The molecule has 0 bridgehead atoms. The highest BCUT2D eigenvalue weighted by Gasteiger charge is 2.08. The molecule has 6 heteroatoms. The maximum atomic E-state index is 5.93. The number of aromatic nitrogens is 2. The highest BCUT2D eigenvalue weighted by Crippen LogP contribution is 2.23. The lowest BCUT2D eigenvalue weighted by Crippen LogP contribution is -2.23. The van der Waals surface area contributed by atoms with Crippen molar-refractivity contribution in [3.8, 4) is 0 Å². The largest absolute Gasteiger partial charge is 0.383 e. The summed E-state index contributed by atoms with van der Waals surface area (Å²) in [6, 6.07) is 4.18. The highest BCUT2D eigenvalue weighted by atomic mass is 35.5. The first kappa shape index (κ1) is 13.4. The van der Waals surface area contributed by atoms with E-state index in [2.05, 4.69) is 21.8 Å². The SMILES string of the molecule is COCC(C)Nc1nccn1Cc1ccc(Cl)s1. The summed E-state index contributed by atoms with van der Waals surface area (Å²) in [7, 11) is 1.69. The molecular weight excluding hydrogens is 270 g/mol. The van der Waals surface area contributed by atoms with E-state index < -0.39 is 0 Å². The molecule has 0 aliphatic rings. The molecule has 0 spiro atoms. The van der Waals surface area contributed by atoms with E-state index in [4.69, 9.17) is 16.3 Å². The fourth-order valence-electron chi connectivity index (χ4n) is 1.69. The summed E-state index contributed by atoms with van der Waals surface area (Å²) >= 11 is 7.52. The van der Waals surface area contributed by atoms with E-state index in [-0.39, 0.29) is 6.04 Å². The zero-order valence-electron chi connectivity index (χ0n) is 10.4. The van der Waals surface area contributed by atoms with Gasteiger partial charge in [-0.15, -0.1) is 11.3 Å². The number of hydrogen-bond acceptors (Lipinski definition) is 4. The number of hydrogen-bond donors (Lipinski definition) is 1. The Morgan fingerprint density at radius 2 is 2.39 bits per heavy atom. The number of nitrogens with one attached hydrogen (secondary N) is 1. The van der Waals surface area contributed by atoms with Crippen LogP contribution in [0, 0.1) is 0 Å². The Kier molecular flexibility index (Phi) is 4.63. The molecule has 2 rings (SSSR count). The van der Waals surface area contributed by atoms with Crippen LogP contribution in [-0.2, 0) is 11.3 Å². The predicted octanol–water partition coefficient (Wildman–Crippen LogP) is 3.09. The molecule has 98 valence electrons. The van der Waals surface area contributed by atoms with Gasteiger partial charge in [0.1, 0.15) is 0 Å². The van der Waals surface area contributed by atoms with Gasteiger partial charge in [0.15, 0.2) is 0 Å². The highest BCUT2D eigenvalue weighted by molar-refractivity contribution is 7.16. The topological polar surface area (TPSA) is 39.1 Å². The second-order valence-electron chi connectivity index (χ2n) is 4.09. The predicted molar refractivity (Wildman–Crippen MR) is 75.6 cm³/mol. The third-order valence-electron chi connectivity index (χ3n) is 2.46. The Morgan fingerprint density at radius 1 is 1.56 bits per heavy atom. The molecule has 0 radical (unpaired) electrons. The minimum absolute atomic E-state index is 0.225. The van der Waals surface area contributed by atoms with Crippen LogP contribution in [0.4, 0.5) is 5.95 Å². The fourth-order valence-corrected chi connectivity index (χ4v) is 2.78. The van der Waals surface area contributed by atoms with Gasteiger partial charge >= 0.3 is 0 Å². The standard InChI is InChI=1S/C12H16ClN3OS/c1-9(8-17-2)15-12-14-5-6-16(12)7-10-3-4-11(13)18-10/h3-6,9H,7-8H2,1-2H3,(H,14,15). The Balaban J connectivity index is 2.03. The van der Waals surface area contributed by atoms with E-state index in [0.29, 0.717) is 6.61 Å². The van der Waals surface area contributed by atoms with Crippen molar-refractivity contribution in [2.75, 3.05) is 19.0 Å². The van der Waals surface area contributed by atoms with Crippen LogP contribution in [0.25, 0.3) is 0 Å². The molecule has 2 aromatic rings. The van der Waals surface area contributed by atoms with Crippen molar-refractivity contribution >= 4 is 28.9 Å². The van der Waals surface area contributed by atoms with Crippen molar-refractivity contribution in [1.29, 1.82) is 0 Å². The Labute approximate surface area is 116 Å². The van der Waals surface area contributed by atoms with E-state index in [0.717, 1.165) is 16.8 Å². The molecule has 2 aromatic heterocycles. The summed E-state index contributed by atoms with van der Waals surface area (Å²) in [6.45, 7) is 3.49. The summed E-state index contributed by atoms with van der Waals surface area (Å²) in [5, 5.41) is 3.32. The van der Waals surface area contributed by atoms with Gasteiger partial charge in [-0.3, -0.25) is 0 Å². The zero-order chi connectivity index (χ0) is 13.0. The van der Waals surface area contributed by atoms with Crippen molar-refractivity contribution in [1.82, 2.24) is 9.55 Å². The van der Waals surface area contributed by atoms with Gasteiger partial charge < -0.3 is 14.6 Å². The summed E-state index contributed by atoms with van der Waals surface area (Å²) in [6.07, 6.45) is 3.74. The summed E-state index contributed by atoms with van der Waals surface area (Å²) < 4.78 is 7.98. The van der Waals surface area contributed by atoms with E-state index in [1.54, 1.807) is 24.6 Å². The van der Waals surface area contributed by atoms with Crippen LogP contribution in [-0.4, -0.2) is 29.3 Å². The van der Waals surface area contributed by atoms with Crippen LogP contribution in [0.2, 0.25) is 4.34 Å². The average Bonchev–Trinajstić information content (AvgIpc) is 2.90. The average molecular weight is 286 g/mol. The van der Waals surface area contributed by atoms with Gasteiger partial charge in [0.2, 0.25) is 5.95 Å². The molecular formula is C12H16ClN3OS. The number of nitrogens with zero attached hydrogens (tertiary/aromatic N) is 2. The van der Waals surface area contributed by atoms with Gasteiger partial charge in [-0.05, 0) is 19.1 Å². The first-order chi connectivity index (χ1) is 8.69. The first-order valence-corrected chi connectivity index (χ1v) is 6.89. The van der Waals surface area contributed by atoms with Gasteiger partial charge in [0.25, 0.3) is 0 Å². The van der Waals surface area contributed by atoms with Crippen LogP contribution in [0.5, 0.6) is 0 Å². The molecule has 0 saturated heterocycles. The van der Waals surface area contributed by atoms with Gasteiger partial charge in [-0.2, -0.15) is 0 Å². The normalized spacial score (nSPS) is 12.6. The molecule has 4 nitrogen and oxygen atoms in total. The van der Waals surface area contributed by atoms with Crippen molar-refractivity contribution in [3.05, 3.63) is 33.7 Å². The molecule has 0 aliphatic heterocycles. The van der Waals surface area contributed by atoms with Crippen LogP contribution in [0.15, 0.2) is 24.5 Å². The molecule has 0 fully saturated rings.